The fourth-order valence-electron chi connectivity index (χ4n) is 1.69. The molecule has 0 aliphatic carbocycles. The van der Waals surface area contributed by atoms with Crippen LogP contribution in [0.5, 0.6) is 0 Å². The van der Waals surface area contributed by atoms with E-state index in [0.717, 1.165) is 0 Å². The number of carbonyl (C=O) groups is 1. The number of carbonyl (C=O) groups excluding carboxylic acids is 1. The summed E-state index contributed by atoms with van der Waals surface area (Å²) in [6.45, 7) is 0. The highest BCUT2D eigenvalue weighted by atomic mass is 79.9. The molecule has 7 heteroatoms. The molecule has 0 bridgehead atoms. The lowest BCUT2D eigenvalue weighted by Crippen LogP contribution is -2.11. The van der Waals surface area contributed by atoms with Gasteiger partial charge >= 0.3 is 6.18 Å². The van der Waals surface area contributed by atoms with Crippen molar-refractivity contribution < 1.29 is 22.4 Å². The second kappa shape index (κ2) is 5.93. The van der Waals surface area contributed by atoms with Crippen molar-refractivity contribution in [3.05, 3.63) is 63.6 Å². The van der Waals surface area contributed by atoms with Gasteiger partial charge in [-0.3, -0.25) is 9.78 Å². The van der Waals surface area contributed by atoms with Crippen LogP contribution in [0.1, 0.15) is 21.6 Å². The van der Waals surface area contributed by atoms with Crippen LogP contribution in [0.15, 0.2) is 41.0 Å². The number of halogens is 5. The van der Waals surface area contributed by atoms with Crippen LogP contribution in [0.3, 0.4) is 0 Å². The van der Waals surface area contributed by atoms with Gasteiger partial charge in [-0.25, -0.2) is 4.39 Å². The molecule has 1 aromatic heterocycles. The zero-order valence-electron chi connectivity index (χ0n) is 10.4. The second-order valence-electron chi connectivity index (χ2n) is 4.26. The Morgan fingerprint density at radius 2 is 1.90 bits per heavy atom. The number of Topliss-reactive ketones (excluding diaryl/α,β-unsaturated/α-hetero) is 1. The normalized spacial score (nSPS) is 11.5. The van der Waals surface area contributed by atoms with Gasteiger partial charge in [-0.05, 0) is 46.3 Å². The third-order valence-electron chi connectivity index (χ3n) is 2.72. The predicted molar refractivity (Wildman–Crippen MR) is 71.4 cm³/mol. The highest BCUT2D eigenvalue weighted by Crippen LogP contribution is 2.30. The van der Waals surface area contributed by atoms with E-state index >= 15 is 0 Å². The Bertz CT molecular complexity index is 668. The predicted octanol–water partition coefficient (Wildman–Crippen LogP) is 4.43. The molecular formula is C14H8BrF4NO. The number of alkyl halides is 3. The van der Waals surface area contributed by atoms with Crippen molar-refractivity contribution in [2.45, 2.75) is 12.6 Å². The molecule has 1 aromatic carbocycles. The molecule has 0 fully saturated rings. The van der Waals surface area contributed by atoms with E-state index in [1.165, 1.54) is 12.3 Å². The first-order chi connectivity index (χ1) is 9.77. The molecule has 1 heterocycles. The molecule has 0 N–H and O–H groups in total. The maximum atomic E-state index is 13.6. The molecule has 0 aliphatic rings. The minimum Gasteiger partial charge on any atom is -0.294 e. The molecule has 21 heavy (non-hydrogen) atoms. The first-order valence-electron chi connectivity index (χ1n) is 5.78. The summed E-state index contributed by atoms with van der Waals surface area (Å²) >= 11 is 3.17. The third-order valence-corrected chi connectivity index (χ3v) is 3.19. The lowest BCUT2D eigenvalue weighted by molar-refractivity contribution is -0.137. The van der Waals surface area contributed by atoms with Crippen LogP contribution in [-0.4, -0.2) is 10.8 Å². The molecule has 0 saturated heterocycles. The van der Waals surface area contributed by atoms with Gasteiger partial charge in [0.25, 0.3) is 0 Å². The molecule has 0 aliphatic heterocycles. The summed E-state index contributed by atoms with van der Waals surface area (Å²) in [6, 6.07) is 4.94. The molecule has 2 aromatic rings. The van der Waals surface area contributed by atoms with Gasteiger partial charge in [-0.15, -0.1) is 0 Å². The summed E-state index contributed by atoms with van der Waals surface area (Å²) in [5, 5.41) is 0. The Kier molecular flexibility index (Phi) is 4.41. The molecular weight excluding hydrogens is 354 g/mol. The summed E-state index contributed by atoms with van der Waals surface area (Å²) in [5.41, 5.74) is -1.30. The van der Waals surface area contributed by atoms with Crippen LogP contribution in [-0.2, 0) is 12.6 Å². The van der Waals surface area contributed by atoms with E-state index in [1.807, 2.05) is 0 Å². The lowest BCUT2D eigenvalue weighted by Gasteiger charge is -2.09. The number of nitrogens with zero attached hydrogens (tertiary/aromatic N) is 1. The van der Waals surface area contributed by atoms with Crippen LogP contribution in [0.4, 0.5) is 17.6 Å². The number of benzene rings is 1. The molecule has 0 atom stereocenters. The van der Waals surface area contributed by atoms with E-state index in [1.54, 1.807) is 6.07 Å². The number of aromatic nitrogens is 1. The standard InChI is InChI=1S/C14H8BrF4NO/c15-9-2-3-10(20-7-9)6-13(21)11-5-8(14(17,18)19)1-4-12(11)16/h1-5,7H,6H2. The monoisotopic (exact) mass is 361 g/mol. The zero-order chi connectivity index (χ0) is 15.6. The van der Waals surface area contributed by atoms with Gasteiger partial charge in [0.1, 0.15) is 5.82 Å². The minimum absolute atomic E-state index is 0.272. The maximum Gasteiger partial charge on any atom is 0.416 e. The quantitative estimate of drug-likeness (QED) is 0.598. The summed E-state index contributed by atoms with van der Waals surface area (Å²) in [4.78, 5) is 15.9. The van der Waals surface area contributed by atoms with Crippen molar-refractivity contribution >= 4 is 21.7 Å². The number of rotatable bonds is 3. The van der Waals surface area contributed by atoms with E-state index in [2.05, 4.69) is 20.9 Å². The second-order valence-corrected chi connectivity index (χ2v) is 5.18. The van der Waals surface area contributed by atoms with Crippen LogP contribution in [0.2, 0.25) is 0 Å². The highest BCUT2D eigenvalue weighted by molar-refractivity contribution is 9.10. The van der Waals surface area contributed by atoms with Gasteiger partial charge < -0.3 is 0 Å². The third kappa shape index (κ3) is 3.87. The van der Waals surface area contributed by atoms with Crippen LogP contribution in [0.25, 0.3) is 0 Å². The van der Waals surface area contributed by atoms with Crippen LogP contribution in [0, 0.1) is 5.82 Å². The van der Waals surface area contributed by atoms with Crippen LogP contribution >= 0.6 is 15.9 Å². The fourth-order valence-corrected chi connectivity index (χ4v) is 1.92. The highest BCUT2D eigenvalue weighted by Gasteiger charge is 2.31. The molecule has 110 valence electrons. The van der Waals surface area contributed by atoms with Crippen molar-refractivity contribution in [3.63, 3.8) is 0 Å². The molecule has 0 saturated carbocycles. The van der Waals surface area contributed by atoms with E-state index in [9.17, 15) is 22.4 Å². The van der Waals surface area contributed by atoms with Gasteiger partial charge in [-0.1, -0.05) is 0 Å². The summed E-state index contributed by atoms with van der Waals surface area (Å²) in [6.07, 6.45) is -3.45. The average Bonchev–Trinajstić information content (AvgIpc) is 2.40. The zero-order valence-corrected chi connectivity index (χ0v) is 12.0. The summed E-state index contributed by atoms with van der Waals surface area (Å²) in [5.74, 6) is -1.74. The Balaban J connectivity index is 2.28. The fraction of sp³-hybridized carbons (Fsp3) is 0.143. The molecule has 0 unspecified atom stereocenters. The van der Waals surface area contributed by atoms with Gasteiger partial charge in [-0.2, -0.15) is 13.2 Å². The average molecular weight is 362 g/mol. The van der Waals surface area contributed by atoms with Crippen molar-refractivity contribution in [2.24, 2.45) is 0 Å². The van der Waals surface area contributed by atoms with Crippen molar-refractivity contribution in [3.8, 4) is 0 Å². The van der Waals surface area contributed by atoms with Crippen molar-refractivity contribution in [1.29, 1.82) is 0 Å². The smallest absolute Gasteiger partial charge is 0.294 e. The minimum atomic E-state index is -4.63. The Labute approximate surface area is 125 Å². The molecule has 2 nitrogen and oxygen atoms in total. The molecule has 0 radical (unpaired) electrons. The number of hydrogen-bond acceptors (Lipinski definition) is 2. The lowest BCUT2D eigenvalue weighted by atomic mass is 10.0. The Morgan fingerprint density at radius 1 is 1.19 bits per heavy atom. The number of ketones is 1. The van der Waals surface area contributed by atoms with E-state index in [-0.39, 0.29) is 6.42 Å². The molecule has 0 amide bonds. The van der Waals surface area contributed by atoms with Crippen molar-refractivity contribution in [1.82, 2.24) is 4.98 Å². The molecule has 2 rings (SSSR count). The van der Waals surface area contributed by atoms with Gasteiger partial charge in [0.15, 0.2) is 5.78 Å². The van der Waals surface area contributed by atoms with E-state index in [0.29, 0.717) is 28.4 Å². The first kappa shape index (κ1) is 15.6. The van der Waals surface area contributed by atoms with E-state index < -0.39 is 28.9 Å². The Morgan fingerprint density at radius 3 is 2.48 bits per heavy atom. The molecule has 0 spiro atoms. The first-order valence-corrected chi connectivity index (χ1v) is 6.57. The largest absolute Gasteiger partial charge is 0.416 e. The summed E-state index contributed by atoms with van der Waals surface area (Å²) in [7, 11) is 0. The van der Waals surface area contributed by atoms with Gasteiger partial charge in [0.05, 0.1) is 17.5 Å². The SMILES string of the molecule is O=C(Cc1ccc(Br)cn1)c1cc(C(F)(F)F)ccc1F. The van der Waals surface area contributed by atoms with Crippen LogP contribution < -0.4 is 0 Å². The number of pyridine rings is 1. The van der Waals surface area contributed by atoms with E-state index in [4.69, 9.17) is 0 Å². The topological polar surface area (TPSA) is 30.0 Å². The van der Waals surface area contributed by atoms with Crippen molar-refractivity contribution in [2.75, 3.05) is 0 Å². The van der Waals surface area contributed by atoms with Gasteiger partial charge in [0.2, 0.25) is 0 Å². The maximum absolute atomic E-state index is 13.6. The Hall–Kier alpha value is -1.76. The number of hydrogen-bond donors (Lipinski definition) is 0. The van der Waals surface area contributed by atoms with Gasteiger partial charge in [0, 0.05) is 16.4 Å². The summed E-state index contributed by atoms with van der Waals surface area (Å²) < 4.78 is 52.0.